The van der Waals surface area contributed by atoms with Gasteiger partial charge in [0.05, 0.1) is 18.3 Å². The SMILES string of the molecule is C[C@@H](n1ncn(-c2ccc(OCC(F)(F)C(F)F)cc2)c1=O)C(O)(Cn1cncn1)c1ccc(F)cc1F. The minimum absolute atomic E-state index is 0.142. The molecule has 202 valence electrons. The first-order valence-corrected chi connectivity index (χ1v) is 11.0. The van der Waals surface area contributed by atoms with E-state index >= 15 is 0 Å². The Balaban J connectivity index is 1.64. The van der Waals surface area contributed by atoms with Gasteiger partial charge in [-0.05, 0) is 37.3 Å². The van der Waals surface area contributed by atoms with Gasteiger partial charge in [-0.25, -0.2) is 41.3 Å². The van der Waals surface area contributed by atoms with Crippen LogP contribution in [0.5, 0.6) is 5.75 Å². The van der Waals surface area contributed by atoms with Gasteiger partial charge in [-0.3, -0.25) is 0 Å². The normalized spacial score (nSPS) is 14.4. The lowest BCUT2D eigenvalue weighted by atomic mass is 9.86. The van der Waals surface area contributed by atoms with Crippen LogP contribution in [-0.4, -0.2) is 53.2 Å². The van der Waals surface area contributed by atoms with Gasteiger partial charge in [-0.2, -0.15) is 19.0 Å². The van der Waals surface area contributed by atoms with E-state index in [1.165, 1.54) is 48.5 Å². The van der Waals surface area contributed by atoms with E-state index in [0.29, 0.717) is 6.07 Å². The van der Waals surface area contributed by atoms with Crippen molar-refractivity contribution in [1.82, 2.24) is 29.1 Å². The molecule has 0 fully saturated rings. The molecule has 0 bridgehead atoms. The van der Waals surface area contributed by atoms with E-state index in [9.17, 15) is 36.2 Å². The van der Waals surface area contributed by atoms with Crippen LogP contribution < -0.4 is 10.4 Å². The molecule has 0 saturated heterocycles. The fourth-order valence-electron chi connectivity index (χ4n) is 3.75. The summed E-state index contributed by atoms with van der Waals surface area (Å²) >= 11 is 0. The molecule has 0 spiro atoms. The lowest BCUT2D eigenvalue weighted by Crippen LogP contribution is -2.44. The quantitative estimate of drug-likeness (QED) is 0.309. The lowest BCUT2D eigenvalue weighted by Gasteiger charge is -2.34. The summed E-state index contributed by atoms with van der Waals surface area (Å²) in [6, 6.07) is 6.37. The van der Waals surface area contributed by atoms with Crippen LogP contribution in [0.25, 0.3) is 5.69 Å². The first kappa shape index (κ1) is 26.9. The van der Waals surface area contributed by atoms with E-state index in [0.717, 1.165) is 27.7 Å². The number of benzene rings is 2. The van der Waals surface area contributed by atoms with Crippen molar-refractivity contribution >= 4 is 0 Å². The fraction of sp³-hybridized carbons (Fsp3) is 0.304. The zero-order valence-electron chi connectivity index (χ0n) is 19.6. The number of nitrogens with zero attached hydrogens (tertiary/aromatic N) is 6. The topological polar surface area (TPSA) is 100.0 Å². The van der Waals surface area contributed by atoms with Crippen LogP contribution in [0.4, 0.5) is 26.3 Å². The van der Waals surface area contributed by atoms with E-state index in [1.807, 2.05) is 0 Å². The van der Waals surface area contributed by atoms with Crippen molar-refractivity contribution in [1.29, 1.82) is 0 Å². The summed E-state index contributed by atoms with van der Waals surface area (Å²) in [4.78, 5) is 17.0. The minimum Gasteiger partial charge on any atom is -0.487 e. The summed E-state index contributed by atoms with van der Waals surface area (Å²) in [6.45, 7) is -0.506. The number of hydrogen-bond donors (Lipinski definition) is 1. The molecule has 2 atom stereocenters. The number of alkyl halides is 4. The van der Waals surface area contributed by atoms with Gasteiger partial charge < -0.3 is 9.84 Å². The van der Waals surface area contributed by atoms with Crippen molar-refractivity contribution in [3.05, 3.63) is 89.1 Å². The molecule has 2 aromatic heterocycles. The van der Waals surface area contributed by atoms with E-state index in [2.05, 4.69) is 15.2 Å². The third-order valence-electron chi connectivity index (χ3n) is 5.88. The van der Waals surface area contributed by atoms with Crippen LogP contribution >= 0.6 is 0 Å². The van der Waals surface area contributed by atoms with E-state index in [4.69, 9.17) is 4.74 Å². The minimum atomic E-state index is -4.33. The number of halogens is 6. The average Bonchev–Trinajstić information content (AvgIpc) is 3.52. The molecule has 0 aliphatic rings. The van der Waals surface area contributed by atoms with Crippen molar-refractivity contribution in [2.75, 3.05) is 6.61 Å². The van der Waals surface area contributed by atoms with Crippen molar-refractivity contribution in [3.8, 4) is 11.4 Å². The molecule has 9 nitrogen and oxygen atoms in total. The van der Waals surface area contributed by atoms with Crippen molar-refractivity contribution in [2.24, 2.45) is 0 Å². The number of hydrogen-bond acceptors (Lipinski definition) is 6. The predicted octanol–water partition coefficient (Wildman–Crippen LogP) is 3.33. The fourth-order valence-corrected chi connectivity index (χ4v) is 3.75. The molecular formula is C23H20F6N6O3. The van der Waals surface area contributed by atoms with Gasteiger partial charge in [-0.1, -0.05) is 6.07 Å². The third kappa shape index (κ3) is 5.27. The summed E-state index contributed by atoms with van der Waals surface area (Å²) < 4.78 is 87.0. The van der Waals surface area contributed by atoms with Crippen molar-refractivity contribution < 1.29 is 36.2 Å². The number of aliphatic hydroxyl groups is 1. The molecular weight excluding hydrogens is 522 g/mol. The Morgan fingerprint density at radius 2 is 1.76 bits per heavy atom. The standard InChI is InChI=1S/C23H20F6N6O3/c1-14(22(37,9-33-12-30-11-31-33)18-7-2-15(24)8-19(18)25)35-21(36)34(13-32-35)16-3-5-17(6-4-16)38-10-23(28,29)20(26)27/h2-8,11-14,20,37H,9-10H2,1H3/t14-,22?/m1/s1. The second kappa shape index (κ2) is 10.3. The number of rotatable bonds is 10. The molecule has 2 aromatic carbocycles. The average molecular weight is 542 g/mol. The van der Waals surface area contributed by atoms with Crippen LogP contribution in [-0.2, 0) is 12.1 Å². The zero-order valence-corrected chi connectivity index (χ0v) is 19.6. The Bertz CT molecular complexity index is 1440. The van der Waals surface area contributed by atoms with E-state index in [1.54, 1.807) is 0 Å². The summed E-state index contributed by atoms with van der Waals surface area (Å²) in [5.41, 5.74) is -3.03. The highest BCUT2D eigenvalue weighted by molar-refractivity contribution is 5.37. The van der Waals surface area contributed by atoms with Gasteiger partial charge in [-0.15, -0.1) is 0 Å². The second-order valence-electron chi connectivity index (χ2n) is 8.39. The van der Waals surface area contributed by atoms with E-state index in [-0.39, 0.29) is 23.5 Å². The van der Waals surface area contributed by atoms with Gasteiger partial charge in [0.15, 0.2) is 6.61 Å². The maximum atomic E-state index is 14.8. The monoisotopic (exact) mass is 542 g/mol. The number of ether oxygens (including phenoxy) is 1. The highest BCUT2D eigenvalue weighted by Crippen LogP contribution is 2.36. The molecule has 0 aliphatic heterocycles. The Morgan fingerprint density at radius 3 is 2.37 bits per heavy atom. The van der Waals surface area contributed by atoms with Gasteiger partial charge in [0.2, 0.25) is 0 Å². The van der Waals surface area contributed by atoms with Crippen LogP contribution in [0.1, 0.15) is 18.5 Å². The molecule has 2 heterocycles. The highest BCUT2D eigenvalue weighted by atomic mass is 19.3. The Kier molecular flexibility index (Phi) is 7.31. The van der Waals surface area contributed by atoms with Gasteiger partial charge in [0, 0.05) is 11.6 Å². The molecule has 15 heteroatoms. The van der Waals surface area contributed by atoms with Crippen molar-refractivity contribution in [3.63, 3.8) is 0 Å². The smallest absolute Gasteiger partial charge is 0.350 e. The van der Waals surface area contributed by atoms with Crippen LogP contribution in [0.3, 0.4) is 0 Å². The van der Waals surface area contributed by atoms with Crippen LogP contribution in [0.2, 0.25) is 0 Å². The molecule has 0 saturated carbocycles. The molecule has 38 heavy (non-hydrogen) atoms. The highest BCUT2D eigenvalue weighted by Gasteiger charge is 2.42. The van der Waals surface area contributed by atoms with Crippen LogP contribution in [0.15, 0.2) is 66.2 Å². The molecule has 4 rings (SSSR count). The Morgan fingerprint density at radius 1 is 1.05 bits per heavy atom. The summed E-state index contributed by atoms with van der Waals surface area (Å²) in [5.74, 6) is -6.40. The molecule has 1 unspecified atom stereocenters. The first-order valence-electron chi connectivity index (χ1n) is 11.0. The molecule has 1 N–H and O–H groups in total. The summed E-state index contributed by atoms with van der Waals surface area (Å²) in [5, 5.41) is 19.6. The molecule has 0 radical (unpaired) electrons. The number of aromatic nitrogens is 6. The predicted molar refractivity (Wildman–Crippen MR) is 119 cm³/mol. The molecule has 0 aliphatic carbocycles. The third-order valence-corrected chi connectivity index (χ3v) is 5.88. The molecule has 0 amide bonds. The first-order chi connectivity index (χ1) is 17.9. The Hall–Kier alpha value is -4.14. The lowest BCUT2D eigenvalue weighted by molar-refractivity contribution is -0.148. The largest absolute Gasteiger partial charge is 0.487 e. The summed E-state index contributed by atoms with van der Waals surface area (Å²) in [7, 11) is 0. The van der Waals surface area contributed by atoms with Gasteiger partial charge in [0.25, 0.3) is 0 Å². The Labute approximate surface area is 210 Å². The van der Waals surface area contributed by atoms with E-state index < -0.39 is 47.9 Å². The maximum Gasteiger partial charge on any atom is 0.350 e. The zero-order chi connectivity index (χ0) is 27.7. The summed E-state index contributed by atoms with van der Waals surface area (Å²) in [6.07, 6.45) is -0.327. The van der Waals surface area contributed by atoms with Crippen LogP contribution in [0, 0.1) is 11.6 Å². The second-order valence-corrected chi connectivity index (χ2v) is 8.39. The van der Waals surface area contributed by atoms with Crippen molar-refractivity contribution in [2.45, 2.75) is 37.5 Å². The van der Waals surface area contributed by atoms with Gasteiger partial charge >= 0.3 is 18.0 Å². The van der Waals surface area contributed by atoms with Gasteiger partial charge in [0.1, 0.15) is 42.0 Å². The maximum absolute atomic E-state index is 14.8. The molecule has 4 aromatic rings.